The Hall–Kier alpha value is -2.68. The van der Waals surface area contributed by atoms with E-state index in [1.54, 1.807) is 12.1 Å². The Kier molecular flexibility index (Phi) is 3.65. The number of rotatable bonds is 3. The summed E-state index contributed by atoms with van der Waals surface area (Å²) in [7, 11) is 0. The van der Waals surface area contributed by atoms with Gasteiger partial charge in [0, 0.05) is 0 Å². The molecule has 2 nitrogen and oxygen atoms in total. The van der Waals surface area contributed by atoms with Gasteiger partial charge in [0.15, 0.2) is 0 Å². The predicted molar refractivity (Wildman–Crippen MR) is 86.2 cm³/mol. The summed E-state index contributed by atoms with van der Waals surface area (Å²) >= 11 is 0. The van der Waals surface area contributed by atoms with Gasteiger partial charge < -0.3 is 0 Å². The quantitative estimate of drug-likeness (QED) is 0.539. The second-order valence-corrected chi connectivity index (χ2v) is 4.88. The molecule has 1 N–H and O–H groups in total. The van der Waals surface area contributed by atoms with E-state index in [1.807, 2.05) is 25.1 Å². The molecular formula is C18H15FN2. The molecule has 0 fully saturated rings. The van der Waals surface area contributed by atoms with Crippen LogP contribution in [-0.4, -0.2) is 5.71 Å². The van der Waals surface area contributed by atoms with Crippen LogP contribution in [-0.2, 0) is 0 Å². The standard InChI is InChI=1S/C18H15FN2/c1-13(20-21-18-10-8-17(19)9-11-18)15-7-6-14-4-2-3-5-16(14)12-15/h2-12,21H,1H3/b20-13-. The van der Waals surface area contributed by atoms with E-state index in [4.69, 9.17) is 0 Å². The molecule has 3 rings (SSSR count). The van der Waals surface area contributed by atoms with Gasteiger partial charge in [0.05, 0.1) is 11.4 Å². The maximum Gasteiger partial charge on any atom is 0.123 e. The maximum atomic E-state index is 12.8. The van der Waals surface area contributed by atoms with Crippen LogP contribution in [0, 0.1) is 5.82 Å². The normalized spacial score (nSPS) is 11.6. The lowest BCUT2D eigenvalue weighted by atomic mass is 10.0. The van der Waals surface area contributed by atoms with Gasteiger partial charge in [-0.15, -0.1) is 0 Å². The number of anilines is 1. The summed E-state index contributed by atoms with van der Waals surface area (Å²) in [6.45, 7) is 1.95. The third-order valence-electron chi connectivity index (χ3n) is 3.36. The van der Waals surface area contributed by atoms with E-state index in [9.17, 15) is 4.39 Å². The van der Waals surface area contributed by atoms with E-state index < -0.39 is 0 Å². The van der Waals surface area contributed by atoms with E-state index >= 15 is 0 Å². The monoisotopic (exact) mass is 278 g/mol. The molecule has 0 bridgehead atoms. The van der Waals surface area contributed by atoms with Crippen molar-refractivity contribution in [1.82, 2.24) is 0 Å². The number of halogens is 1. The van der Waals surface area contributed by atoms with Crippen molar-refractivity contribution in [2.75, 3.05) is 5.43 Å². The van der Waals surface area contributed by atoms with E-state index in [-0.39, 0.29) is 5.82 Å². The zero-order valence-electron chi connectivity index (χ0n) is 11.7. The van der Waals surface area contributed by atoms with Crippen LogP contribution in [0.1, 0.15) is 12.5 Å². The van der Waals surface area contributed by atoms with Gasteiger partial charge in [0.1, 0.15) is 5.82 Å². The summed E-state index contributed by atoms with van der Waals surface area (Å²) in [6.07, 6.45) is 0. The first-order chi connectivity index (χ1) is 10.2. The molecule has 0 aromatic heterocycles. The SMILES string of the molecule is C/C(=N/Nc1ccc(F)cc1)c1ccc2ccccc2c1. The van der Waals surface area contributed by atoms with Crippen molar-refractivity contribution in [3.8, 4) is 0 Å². The number of nitrogens with zero attached hydrogens (tertiary/aromatic N) is 1. The Morgan fingerprint density at radius 2 is 1.62 bits per heavy atom. The average molecular weight is 278 g/mol. The molecule has 0 heterocycles. The molecule has 0 aliphatic carbocycles. The minimum absolute atomic E-state index is 0.254. The number of fused-ring (bicyclic) bond motifs is 1. The van der Waals surface area contributed by atoms with Crippen LogP contribution >= 0.6 is 0 Å². The van der Waals surface area contributed by atoms with Gasteiger partial charge in [-0.25, -0.2) is 4.39 Å². The molecule has 0 radical (unpaired) electrons. The fourth-order valence-corrected chi connectivity index (χ4v) is 2.15. The fraction of sp³-hybridized carbons (Fsp3) is 0.0556. The van der Waals surface area contributed by atoms with Crippen molar-refractivity contribution in [3.05, 3.63) is 78.1 Å². The van der Waals surface area contributed by atoms with E-state index in [0.29, 0.717) is 0 Å². The molecule has 0 amide bonds. The molecule has 21 heavy (non-hydrogen) atoms. The highest BCUT2D eigenvalue weighted by atomic mass is 19.1. The van der Waals surface area contributed by atoms with Gasteiger partial charge in [-0.05, 0) is 53.6 Å². The van der Waals surface area contributed by atoms with Crippen molar-refractivity contribution in [1.29, 1.82) is 0 Å². The van der Waals surface area contributed by atoms with Crippen LogP contribution in [0.4, 0.5) is 10.1 Å². The van der Waals surface area contributed by atoms with Crippen LogP contribution in [0.2, 0.25) is 0 Å². The molecule has 0 aliphatic heterocycles. The second kappa shape index (κ2) is 5.75. The lowest BCUT2D eigenvalue weighted by molar-refractivity contribution is 0.628. The van der Waals surface area contributed by atoms with Gasteiger partial charge in [0.2, 0.25) is 0 Å². The van der Waals surface area contributed by atoms with Crippen molar-refractivity contribution < 1.29 is 4.39 Å². The van der Waals surface area contributed by atoms with Crippen LogP contribution in [0.5, 0.6) is 0 Å². The Morgan fingerprint density at radius 1 is 0.905 bits per heavy atom. The molecule has 3 heteroatoms. The largest absolute Gasteiger partial charge is 0.278 e. The second-order valence-electron chi connectivity index (χ2n) is 4.88. The van der Waals surface area contributed by atoms with E-state index in [1.165, 1.54) is 22.9 Å². The van der Waals surface area contributed by atoms with Crippen molar-refractivity contribution in [2.45, 2.75) is 6.92 Å². The lowest BCUT2D eigenvalue weighted by Gasteiger charge is -2.05. The highest BCUT2D eigenvalue weighted by molar-refractivity contribution is 6.02. The molecule has 104 valence electrons. The van der Waals surface area contributed by atoms with Gasteiger partial charge >= 0.3 is 0 Å². The van der Waals surface area contributed by atoms with Crippen molar-refractivity contribution in [3.63, 3.8) is 0 Å². The molecule has 0 spiro atoms. The number of hydrogen-bond donors (Lipinski definition) is 1. The lowest BCUT2D eigenvalue weighted by Crippen LogP contribution is -1.99. The fourth-order valence-electron chi connectivity index (χ4n) is 2.15. The molecular weight excluding hydrogens is 263 g/mol. The number of nitrogens with one attached hydrogen (secondary N) is 1. The number of hydrazone groups is 1. The van der Waals surface area contributed by atoms with Gasteiger partial charge in [-0.3, -0.25) is 5.43 Å². The van der Waals surface area contributed by atoms with Crippen LogP contribution in [0.3, 0.4) is 0 Å². The summed E-state index contributed by atoms with van der Waals surface area (Å²) in [4.78, 5) is 0. The number of hydrogen-bond acceptors (Lipinski definition) is 2. The zero-order valence-corrected chi connectivity index (χ0v) is 11.7. The van der Waals surface area contributed by atoms with Crippen molar-refractivity contribution >= 4 is 22.2 Å². The van der Waals surface area contributed by atoms with Crippen LogP contribution in [0.15, 0.2) is 71.8 Å². The van der Waals surface area contributed by atoms with E-state index in [0.717, 1.165) is 17.0 Å². The highest BCUT2D eigenvalue weighted by Crippen LogP contribution is 2.16. The van der Waals surface area contributed by atoms with Gasteiger partial charge in [0.25, 0.3) is 0 Å². The third-order valence-corrected chi connectivity index (χ3v) is 3.36. The average Bonchev–Trinajstić information content (AvgIpc) is 2.53. The number of benzene rings is 3. The minimum atomic E-state index is -0.254. The topological polar surface area (TPSA) is 24.4 Å². The molecule has 0 atom stereocenters. The highest BCUT2D eigenvalue weighted by Gasteiger charge is 2.00. The van der Waals surface area contributed by atoms with Crippen LogP contribution < -0.4 is 5.43 Å². The minimum Gasteiger partial charge on any atom is -0.278 e. The Balaban J connectivity index is 1.83. The Morgan fingerprint density at radius 3 is 2.38 bits per heavy atom. The molecule has 0 saturated heterocycles. The van der Waals surface area contributed by atoms with E-state index in [2.05, 4.69) is 34.8 Å². The first kappa shape index (κ1) is 13.3. The van der Waals surface area contributed by atoms with Gasteiger partial charge in [-0.2, -0.15) is 5.10 Å². The summed E-state index contributed by atoms with van der Waals surface area (Å²) in [6, 6.07) is 20.6. The third kappa shape index (κ3) is 3.08. The smallest absolute Gasteiger partial charge is 0.123 e. The summed E-state index contributed by atoms with van der Waals surface area (Å²) in [5.41, 5.74) is 5.64. The predicted octanol–water partition coefficient (Wildman–Crippen LogP) is 4.82. The zero-order chi connectivity index (χ0) is 14.7. The first-order valence-electron chi connectivity index (χ1n) is 6.77. The summed E-state index contributed by atoms with van der Waals surface area (Å²) in [5.74, 6) is -0.254. The van der Waals surface area contributed by atoms with Crippen LogP contribution in [0.25, 0.3) is 10.8 Å². The first-order valence-corrected chi connectivity index (χ1v) is 6.77. The summed E-state index contributed by atoms with van der Waals surface area (Å²) < 4.78 is 12.8. The van der Waals surface area contributed by atoms with Gasteiger partial charge in [-0.1, -0.05) is 36.4 Å². The Bertz CT molecular complexity index is 792. The molecule has 0 aliphatic rings. The maximum absolute atomic E-state index is 12.8. The molecule has 3 aromatic rings. The molecule has 0 unspecified atom stereocenters. The van der Waals surface area contributed by atoms with Crippen molar-refractivity contribution in [2.24, 2.45) is 5.10 Å². The Labute approximate surface area is 122 Å². The summed E-state index contributed by atoms with van der Waals surface area (Å²) in [5, 5.41) is 6.74. The molecule has 3 aromatic carbocycles. The molecule has 0 saturated carbocycles.